The summed E-state index contributed by atoms with van der Waals surface area (Å²) in [5.74, 6) is -0.927. The smallest absolute Gasteiger partial charge is 0.408 e. The van der Waals surface area contributed by atoms with Gasteiger partial charge in [0, 0.05) is 12.1 Å². The molecule has 0 saturated carbocycles. The number of hydrogen-bond donors (Lipinski definition) is 2. The molecular weight excluding hydrogens is 596 g/mol. The van der Waals surface area contributed by atoms with Crippen molar-refractivity contribution in [3.63, 3.8) is 0 Å². The first kappa shape index (κ1) is 38.6. The molecule has 256 valence electrons. The quantitative estimate of drug-likeness (QED) is 0.197. The van der Waals surface area contributed by atoms with Crippen LogP contribution in [0.1, 0.15) is 96.6 Å². The molecule has 0 radical (unpaired) electrons. The van der Waals surface area contributed by atoms with Crippen molar-refractivity contribution in [3.8, 4) is 0 Å². The summed E-state index contributed by atoms with van der Waals surface area (Å²) in [6, 6.07) is 11.3. The van der Waals surface area contributed by atoms with E-state index < -0.39 is 28.6 Å². The fourth-order valence-corrected chi connectivity index (χ4v) is 4.72. The third-order valence-electron chi connectivity index (χ3n) is 6.93. The van der Waals surface area contributed by atoms with Gasteiger partial charge >= 0.3 is 12.1 Å². The number of nitrogens with zero attached hydrogens (tertiary/aromatic N) is 1. The summed E-state index contributed by atoms with van der Waals surface area (Å²) in [6.45, 7) is 16.6. The first-order chi connectivity index (χ1) is 21.4. The predicted molar refractivity (Wildman–Crippen MR) is 174 cm³/mol. The normalized spacial score (nSPS) is 16.1. The monoisotopic (exact) mass is 647 g/mol. The van der Waals surface area contributed by atoms with E-state index in [2.05, 4.69) is 17.6 Å². The predicted octanol–water partition coefficient (Wildman–Crippen LogP) is 7.21. The lowest BCUT2D eigenvalue weighted by Crippen LogP contribution is -2.59. The van der Waals surface area contributed by atoms with Crippen LogP contribution in [-0.4, -0.2) is 72.5 Å². The maximum Gasteiger partial charge on any atom is 0.408 e. The number of morpholine rings is 1. The number of Topliss-reactive ketones (excluding diaryl/α,β-unsaturated/α-hetero) is 1. The van der Waals surface area contributed by atoms with Gasteiger partial charge in [0.1, 0.15) is 23.8 Å². The standard InChI is InChI=1S/C18H27FN2O2.C17H24FNO4/c1-4-5-6-11-20-17(22)21-16(12-23-13-18(21,2)3)14-7-9-15(19)10-8-14;1-16(2,3)23-15(21)19-17(4,5)11-22-10-14(20)12-6-8-13(18)9-7-12/h7-10,16H,4-6,11-13H2,1-3H3,(H,20,22);6-9H,10-11H2,1-5H3,(H,19,21). The summed E-state index contributed by atoms with van der Waals surface area (Å²) >= 11 is 0. The topological polar surface area (TPSA) is 106 Å². The molecule has 2 aromatic carbocycles. The molecule has 9 nitrogen and oxygen atoms in total. The van der Waals surface area contributed by atoms with Crippen LogP contribution in [0, 0.1) is 11.6 Å². The second kappa shape index (κ2) is 17.4. The van der Waals surface area contributed by atoms with E-state index in [1.165, 1.54) is 36.4 Å². The number of unbranched alkanes of at least 4 members (excludes halogenated alkanes) is 2. The first-order valence-corrected chi connectivity index (χ1v) is 15.7. The van der Waals surface area contributed by atoms with Gasteiger partial charge in [0.2, 0.25) is 0 Å². The number of rotatable bonds is 11. The number of carbonyl (C=O) groups excluding carboxylic acids is 3. The highest BCUT2D eigenvalue weighted by molar-refractivity contribution is 5.97. The summed E-state index contributed by atoms with van der Waals surface area (Å²) in [4.78, 5) is 38.2. The van der Waals surface area contributed by atoms with Crippen LogP contribution in [0.25, 0.3) is 0 Å². The summed E-state index contributed by atoms with van der Waals surface area (Å²) in [6.07, 6.45) is 2.66. The van der Waals surface area contributed by atoms with E-state index in [-0.39, 0.29) is 36.9 Å². The van der Waals surface area contributed by atoms with Gasteiger partial charge in [-0.25, -0.2) is 18.4 Å². The van der Waals surface area contributed by atoms with Crippen LogP contribution in [0.5, 0.6) is 0 Å². The number of urea groups is 1. The van der Waals surface area contributed by atoms with Crippen LogP contribution in [-0.2, 0) is 14.2 Å². The highest BCUT2D eigenvalue weighted by Gasteiger charge is 2.41. The maximum absolute atomic E-state index is 13.2. The Labute approximate surface area is 272 Å². The molecule has 46 heavy (non-hydrogen) atoms. The Balaban J connectivity index is 0.000000320. The van der Waals surface area contributed by atoms with Crippen molar-refractivity contribution in [2.24, 2.45) is 0 Å². The van der Waals surface area contributed by atoms with Crippen LogP contribution < -0.4 is 10.6 Å². The SMILES string of the molecule is CC(C)(COCC(=O)c1ccc(F)cc1)NC(=O)OC(C)(C)C.CCCCCNC(=O)N1C(c2ccc(F)cc2)COCC1(C)C. The fourth-order valence-electron chi connectivity index (χ4n) is 4.72. The lowest BCUT2D eigenvalue weighted by atomic mass is 9.95. The van der Waals surface area contributed by atoms with Gasteiger partial charge < -0.3 is 29.7 Å². The lowest BCUT2D eigenvalue weighted by molar-refractivity contribution is -0.0656. The van der Waals surface area contributed by atoms with Crippen LogP contribution in [0.15, 0.2) is 48.5 Å². The highest BCUT2D eigenvalue weighted by atomic mass is 19.1. The van der Waals surface area contributed by atoms with E-state index in [0.29, 0.717) is 25.3 Å². The maximum atomic E-state index is 13.2. The molecule has 0 aliphatic carbocycles. The van der Waals surface area contributed by atoms with Crippen LogP contribution >= 0.6 is 0 Å². The van der Waals surface area contributed by atoms with E-state index in [9.17, 15) is 23.2 Å². The van der Waals surface area contributed by atoms with Crippen molar-refractivity contribution in [1.82, 2.24) is 15.5 Å². The van der Waals surface area contributed by atoms with E-state index in [0.717, 1.165) is 24.8 Å². The van der Waals surface area contributed by atoms with Crippen LogP contribution in [0.2, 0.25) is 0 Å². The zero-order valence-corrected chi connectivity index (χ0v) is 28.5. The molecule has 1 saturated heterocycles. The Kier molecular flexibility index (Phi) is 14.6. The van der Waals surface area contributed by atoms with Crippen molar-refractivity contribution in [2.45, 2.75) is 97.4 Å². The summed E-state index contributed by atoms with van der Waals surface area (Å²) in [7, 11) is 0. The van der Waals surface area contributed by atoms with Crippen molar-refractivity contribution in [3.05, 3.63) is 71.3 Å². The molecule has 1 aliphatic heterocycles. The molecule has 2 N–H and O–H groups in total. The van der Waals surface area contributed by atoms with Crippen molar-refractivity contribution >= 4 is 17.9 Å². The van der Waals surface area contributed by atoms with E-state index in [4.69, 9.17) is 14.2 Å². The number of nitrogens with one attached hydrogen (secondary N) is 2. The minimum Gasteiger partial charge on any atom is -0.444 e. The second-order valence-corrected chi connectivity index (χ2v) is 13.6. The molecule has 0 spiro atoms. The molecule has 3 amide bonds. The Morgan fingerprint density at radius 3 is 2.11 bits per heavy atom. The first-order valence-electron chi connectivity index (χ1n) is 15.7. The second-order valence-electron chi connectivity index (χ2n) is 13.6. The largest absolute Gasteiger partial charge is 0.444 e. The molecule has 11 heteroatoms. The minimum absolute atomic E-state index is 0.0799. The zero-order chi connectivity index (χ0) is 34.5. The van der Waals surface area contributed by atoms with Gasteiger partial charge in [0.25, 0.3) is 0 Å². The van der Waals surface area contributed by atoms with Gasteiger partial charge in [-0.15, -0.1) is 0 Å². The molecule has 1 fully saturated rings. The van der Waals surface area contributed by atoms with Gasteiger partial charge in [0.15, 0.2) is 5.78 Å². The average Bonchev–Trinajstić information content (AvgIpc) is 2.94. The molecule has 0 aromatic heterocycles. The van der Waals surface area contributed by atoms with Gasteiger partial charge in [-0.3, -0.25) is 4.79 Å². The third kappa shape index (κ3) is 13.4. The minimum atomic E-state index is -0.689. The van der Waals surface area contributed by atoms with Crippen molar-refractivity contribution in [2.75, 3.05) is 33.0 Å². The number of amides is 3. The summed E-state index contributed by atoms with van der Waals surface area (Å²) < 4.78 is 42.2. The lowest BCUT2D eigenvalue weighted by Gasteiger charge is -2.47. The van der Waals surface area contributed by atoms with Gasteiger partial charge in [-0.05, 0) is 96.8 Å². The zero-order valence-electron chi connectivity index (χ0n) is 28.5. The Hall–Kier alpha value is -3.57. The van der Waals surface area contributed by atoms with Crippen molar-refractivity contribution < 1.29 is 37.4 Å². The molecule has 0 bridgehead atoms. The molecular formula is C35H51F2N3O6. The molecule has 1 atom stereocenters. The number of ketones is 1. The molecule has 2 aromatic rings. The number of benzene rings is 2. The number of halogens is 2. The molecule has 1 unspecified atom stereocenters. The van der Waals surface area contributed by atoms with E-state index >= 15 is 0 Å². The van der Waals surface area contributed by atoms with Gasteiger partial charge in [-0.1, -0.05) is 31.9 Å². The third-order valence-corrected chi connectivity index (χ3v) is 6.93. The van der Waals surface area contributed by atoms with Crippen LogP contribution in [0.4, 0.5) is 18.4 Å². The Morgan fingerprint density at radius 1 is 0.957 bits per heavy atom. The average molecular weight is 648 g/mol. The van der Waals surface area contributed by atoms with Gasteiger partial charge in [0.05, 0.1) is 36.9 Å². The molecule has 1 aliphatic rings. The van der Waals surface area contributed by atoms with E-state index in [1.807, 2.05) is 18.7 Å². The highest BCUT2D eigenvalue weighted by Crippen LogP contribution is 2.33. The Bertz CT molecular complexity index is 1260. The summed E-state index contributed by atoms with van der Waals surface area (Å²) in [5, 5.41) is 5.70. The number of alkyl carbamates (subject to hydrolysis) is 1. The van der Waals surface area contributed by atoms with Crippen LogP contribution in [0.3, 0.4) is 0 Å². The Morgan fingerprint density at radius 2 is 1.54 bits per heavy atom. The van der Waals surface area contributed by atoms with E-state index in [1.54, 1.807) is 46.8 Å². The number of ether oxygens (including phenoxy) is 3. The van der Waals surface area contributed by atoms with Crippen molar-refractivity contribution in [1.29, 1.82) is 0 Å². The number of hydrogen-bond acceptors (Lipinski definition) is 6. The number of carbonyl (C=O) groups is 3. The van der Waals surface area contributed by atoms with Gasteiger partial charge in [-0.2, -0.15) is 0 Å². The fraction of sp³-hybridized carbons (Fsp3) is 0.571. The molecule has 3 rings (SSSR count). The molecule has 1 heterocycles. The summed E-state index contributed by atoms with van der Waals surface area (Å²) in [5.41, 5.74) is -0.413.